The van der Waals surface area contributed by atoms with E-state index >= 15 is 0 Å². The summed E-state index contributed by atoms with van der Waals surface area (Å²) < 4.78 is 31.4. The monoisotopic (exact) mass is 512 g/mol. The summed E-state index contributed by atoms with van der Waals surface area (Å²) in [6.07, 6.45) is 7.32. The zero-order valence-corrected chi connectivity index (χ0v) is 27.2. The normalized spacial score (nSPS) is 14.4. The topological polar surface area (TPSA) is 46.2 Å². The van der Waals surface area contributed by atoms with E-state index in [9.17, 15) is 0 Å². The van der Waals surface area contributed by atoms with Gasteiger partial charge in [0.1, 0.15) is 0 Å². The molecule has 0 saturated carbocycles. The molecule has 0 radical (unpaired) electrons. The molecule has 0 unspecified atom stereocenters. The van der Waals surface area contributed by atoms with Crippen LogP contribution in [-0.4, -0.2) is 56.5 Å². The van der Waals surface area contributed by atoms with Gasteiger partial charge in [0.15, 0.2) is 25.0 Å². The molecule has 0 spiro atoms. The minimum absolute atomic E-state index is 0.962. The van der Waals surface area contributed by atoms with Crippen molar-refractivity contribution in [2.45, 2.75) is 116 Å². The summed E-state index contributed by atoms with van der Waals surface area (Å²) in [6.45, 7) is 22.5. The summed E-state index contributed by atoms with van der Waals surface area (Å²) in [5, 5.41) is 0. The highest BCUT2D eigenvalue weighted by atomic mass is 28.5. The summed E-state index contributed by atoms with van der Waals surface area (Å²) in [4.78, 5) is 0. The lowest BCUT2D eigenvalue weighted by Crippen LogP contribution is -2.60. The van der Waals surface area contributed by atoms with E-state index in [1.54, 1.807) is 14.2 Å². The zero-order chi connectivity index (χ0) is 23.7. The van der Waals surface area contributed by atoms with Crippen molar-refractivity contribution in [2.24, 2.45) is 0 Å². The predicted octanol–water partition coefficient (Wildman–Crippen LogP) is 7.19. The van der Waals surface area contributed by atoms with Crippen molar-refractivity contribution in [3.8, 4) is 0 Å². The van der Waals surface area contributed by atoms with Crippen LogP contribution < -0.4 is 0 Å². The molecule has 0 N–H and O–H groups in total. The number of hydrogen-bond acceptors (Lipinski definition) is 5. The van der Waals surface area contributed by atoms with E-state index in [-0.39, 0.29) is 0 Å². The maximum Gasteiger partial charge on any atom is 0.469 e. The molecular formula is C20H52O5Si5. The van der Waals surface area contributed by atoms with Crippen LogP contribution in [-0.2, 0) is 21.2 Å². The van der Waals surface area contributed by atoms with Crippen LogP contribution in [0.1, 0.15) is 38.5 Å². The second kappa shape index (κ2) is 12.9. The van der Waals surface area contributed by atoms with Gasteiger partial charge in [-0.25, -0.2) is 0 Å². The molecule has 0 rings (SSSR count). The van der Waals surface area contributed by atoms with E-state index < -0.39 is 42.3 Å². The largest absolute Gasteiger partial charge is 0.469 e. The molecular weight excluding hydrogens is 461 g/mol. The summed E-state index contributed by atoms with van der Waals surface area (Å²) >= 11 is 0. The summed E-state index contributed by atoms with van der Waals surface area (Å²) in [5.74, 6) is 0. The quantitative estimate of drug-likeness (QED) is 0.152. The first-order chi connectivity index (χ1) is 13.4. The number of hydrogen-bond donors (Lipinski definition) is 0. The van der Waals surface area contributed by atoms with E-state index in [1.165, 1.54) is 32.1 Å². The molecule has 0 bridgehead atoms. The third-order valence-electron chi connectivity index (χ3n) is 4.61. The van der Waals surface area contributed by atoms with Crippen molar-refractivity contribution >= 4 is 42.3 Å². The van der Waals surface area contributed by atoms with Gasteiger partial charge in [-0.3, -0.25) is 0 Å². The molecule has 0 heterocycles. The Morgan fingerprint density at radius 2 is 0.733 bits per heavy atom. The minimum Gasteiger partial charge on any atom is -0.417 e. The Hall–Kier alpha value is 0.884. The SMILES string of the molecule is CO[Si](C)(CCCCCCCC[Si](O[Si](C)(C)C)(O[Si](C)(C)C)O[Si](C)(C)C)OC. The average Bonchev–Trinajstić information content (AvgIpc) is 2.52. The van der Waals surface area contributed by atoms with Crippen LogP contribution in [0.25, 0.3) is 0 Å². The van der Waals surface area contributed by atoms with E-state index in [2.05, 4.69) is 65.5 Å². The molecule has 0 fully saturated rings. The van der Waals surface area contributed by atoms with Crippen molar-refractivity contribution in [3.05, 3.63) is 0 Å². The lowest BCUT2D eigenvalue weighted by molar-refractivity contribution is 0.247. The molecule has 0 aromatic heterocycles. The highest BCUT2D eigenvalue weighted by Crippen LogP contribution is 2.30. The first kappa shape index (κ1) is 30.9. The van der Waals surface area contributed by atoms with Gasteiger partial charge in [-0.15, -0.1) is 0 Å². The van der Waals surface area contributed by atoms with Crippen LogP contribution in [0.5, 0.6) is 0 Å². The maximum atomic E-state index is 6.76. The Bertz CT molecular complexity index is 427. The molecule has 10 heteroatoms. The lowest BCUT2D eigenvalue weighted by atomic mass is 10.1. The van der Waals surface area contributed by atoms with Crippen LogP contribution in [0, 0.1) is 0 Å². The Morgan fingerprint density at radius 1 is 0.433 bits per heavy atom. The molecule has 0 aromatic rings. The highest BCUT2D eigenvalue weighted by Gasteiger charge is 2.49. The molecule has 0 aromatic carbocycles. The molecule has 182 valence electrons. The van der Waals surface area contributed by atoms with Crippen LogP contribution in [0.4, 0.5) is 0 Å². The van der Waals surface area contributed by atoms with Gasteiger partial charge in [-0.05, 0) is 77.9 Å². The number of unbranched alkanes of at least 4 members (excludes halogenated alkanes) is 5. The smallest absolute Gasteiger partial charge is 0.417 e. The van der Waals surface area contributed by atoms with Crippen LogP contribution in [0.15, 0.2) is 0 Å². The van der Waals surface area contributed by atoms with Crippen molar-refractivity contribution < 1.29 is 21.2 Å². The minimum atomic E-state index is -2.65. The van der Waals surface area contributed by atoms with E-state index in [0.717, 1.165) is 18.5 Å². The van der Waals surface area contributed by atoms with Gasteiger partial charge in [0.2, 0.25) is 0 Å². The molecule has 0 aliphatic rings. The molecule has 0 atom stereocenters. The summed E-state index contributed by atoms with van der Waals surface area (Å²) in [6, 6.07) is 2.04. The fourth-order valence-electron chi connectivity index (χ4n) is 3.40. The molecule has 5 nitrogen and oxygen atoms in total. The third-order valence-corrected chi connectivity index (χ3v) is 19.6. The molecule has 0 aliphatic carbocycles. The first-order valence-corrected chi connectivity index (χ1v) is 26.3. The highest BCUT2D eigenvalue weighted by molar-refractivity contribution is 6.90. The van der Waals surface area contributed by atoms with Crippen LogP contribution in [0.3, 0.4) is 0 Å². The van der Waals surface area contributed by atoms with Crippen LogP contribution in [0.2, 0.25) is 77.6 Å². The van der Waals surface area contributed by atoms with Gasteiger partial charge in [0.25, 0.3) is 0 Å². The predicted molar refractivity (Wildman–Crippen MR) is 142 cm³/mol. The Morgan fingerprint density at radius 3 is 1.03 bits per heavy atom. The van der Waals surface area contributed by atoms with Gasteiger partial charge in [0.05, 0.1) is 0 Å². The fourth-order valence-corrected chi connectivity index (χ4v) is 19.6. The molecule has 0 aliphatic heterocycles. The second-order valence-electron chi connectivity index (χ2n) is 11.5. The van der Waals surface area contributed by atoms with Gasteiger partial charge >= 0.3 is 17.4 Å². The van der Waals surface area contributed by atoms with Crippen molar-refractivity contribution in [2.75, 3.05) is 14.2 Å². The van der Waals surface area contributed by atoms with E-state index in [1.807, 2.05) is 0 Å². The zero-order valence-electron chi connectivity index (χ0n) is 22.2. The summed E-state index contributed by atoms with van der Waals surface area (Å²) in [7, 11) is -6.30. The van der Waals surface area contributed by atoms with Crippen LogP contribution >= 0.6 is 0 Å². The van der Waals surface area contributed by atoms with Crippen molar-refractivity contribution in [3.63, 3.8) is 0 Å². The van der Waals surface area contributed by atoms with Gasteiger partial charge in [-0.1, -0.05) is 32.1 Å². The Kier molecular flexibility index (Phi) is 13.3. The molecule has 0 amide bonds. The van der Waals surface area contributed by atoms with Gasteiger partial charge < -0.3 is 21.2 Å². The second-order valence-corrected chi connectivity index (χ2v) is 32.1. The third kappa shape index (κ3) is 15.6. The Balaban J connectivity index is 4.74. The summed E-state index contributed by atoms with van der Waals surface area (Å²) in [5.41, 5.74) is 0. The molecule has 0 saturated heterocycles. The molecule has 30 heavy (non-hydrogen) atoms. The lowest BCUT2D eigenvalue weighted by Gasteiger charge is -2.43. The fraction of sp³-hybridized carbons (Fsp3) is 1.00. The van der Waals surface area contributed by atoms with Gasteiger partial charge in [-0.2, -0.15) is 0 Å². The van der Waals surface area contributed by atoms with Crippen molar-refractivity contribution in [1.29, 1.82) is 0 Å². The maximum absolute atomic E-state index is 6.76. The Labute approximate surface area is 193 Å². The van der Waals surface area contributed by atoms with Crippen molar-refractivity contribution in [1.82, 2.24) is 0 Å². The first-order valence-electron chi connectivity index (χ1n) is 11.7. The van der Waals surface area contributed by atoms with Gasteiger partial charge in [0, 0.05) is 20.3 Å². The average molecular weight is 513 g/mol. The van der Waals surface area contributed by atoms with E-state index in [0.29, 0.717) is 0 Å². The van der Waals surface area contributed by atoms with E-state index in [4.69, 9.17) is 21.2 Å². The number of rotatable bonds is 17. The standard InChI is InChI=1S/C20H52O5Si5/c1-21-29(12,22-2)19-17-15-13-14-16-18-20-30(23-26(3,4)5,24-27(6,7)8)25-28(9,10)11/h13-20H2,1-12H3.